The Kier molecular flexibility index (Phi) is 6.94. The van der Waals surface area contributed by atoms with E-state index in [4.69, 9.17) is 4.74 Å². The quantitative estimate of drug-likeness (QED) is 0.460. The Morgan fingerprint density at radius 1 is 1.26 bits per heavy atom. The number of anilines is 1. The monoisotopic (exact) mass is 316 g/mol. The van der Waals surface area contributed by atoms with Crippen molar-refractivity contribution < 1.29 is 4.74 Å². The van der Waals surface area contributed by atoms with Crippen LogP contribution in [0.4, 0.5) is 5.69 Å². The van der Waals surface area contributed by atoms with Crippen LogP contribution in [-0.4, -0.2) is 45.4 Å². The molecule has 5 heteroatoms. The van der Waals surface area contributed by atoms with Crippen molar-refractivity contribution in [1.82, 2.24) is 10.6 Å². The maximum absolute atomic E-state index is 5.15. The predicted octanol–water partition coefficient (Wildman–Crippen LogP) is 2.15. The van der Waals surface area contributed by atoms with Gasteiger partial charge < -0.3 is 20.3 Å². The van der Waals surface area contributed by atoms with Crippen molar-refractivity contribution in [2.75, 3.05) is 38.3 Å². The lowest BCUT2D eigenvalue weighted by molar-refractivity contribution is 0.179. The van der Waals surface area contributed by atoms with Gasteiger partial charge in [0.05, 0.1) is 13.2 Å². The number of nitrogens with one attached hydrogen (secondary N) is 2. The second-order valence-corrected chi connectivity index (χ2v) is 5.74. The summed E-state index contributed by atoms with van der Waals surface area (Å²) in [6.45, 7) is 8.31. The lowest BCUT2D eigenvalue weighted by Crippen LogP contribution is -2.43. The number of rotatable bonds is 7. The topological polar surface area (TPSA) is 48.9 Å². The highest BCUT2D eigenvalue weighted by Crippen LogP contribution is 2.17. The van der Waals surface area contributed by atoms with Crippen molar-refractivity contribution >= 4 is 11.6 Å². The Bertz CT molecular complexity index is 516. The van der Waals surface area contributed by atoms with Crippen LogP contribution in [0.2, 0.25) is 0 Å². The summed E-state index contributed by atoms with van der Waals surface area (Å²) in [4.78, 5) is 6.98. The number of methoxy groups -OCH3 is 1. The van der Waals surface area contributed by atoms with E-state index in [-0.39, 0.29) is 6.04 Å². The molecule has 1 aliphatic heterocycles. The molecule has 0 amide bonds. The zero-order chi connectivity index (χ0) is 16.5. The van der Waals surface area contributed by atoms with E-state index >= 15 is 0 Å². The smallest absolute Gasteiger partial charge is 0.191 e. The molecular weight excluding hydrogens is 288 g/mol. The molecular formula is C18H28N4O. The molecule has 0 spiro atoms. The van der Waals surface area contributed by atoms with Crippen LogP contribution in [0.5, 0.6) is 0 Å². The predicted molar refractivity (Wildman–Crippen MR) is 97.1 cm³/mol. The van der Waals surface area contributed by atoms with Gasteiger partial charge in [0.25, 0.3) is 0 Å². The van der Waals surface area contributed by atoms with Crippen LogP contribution < -0.4 is 15.5 Å². The Balaban J connectivity index is 1.92. The van der Waals surface area contributed by atoms with Crippen LogP contribution in [-0.2, 0) is 11.3 Å². The molecule has 0 saturated carbocycles. The molecule has 0 radical (unpaired) electrons. The van der Waals surface area contributed by atoms with Crippen molar-refractivity contribution in [3.05, 3.63) is 42.0 Å². The molecule has 0 bridgehead atoms. The molecule has 1 aromatic rings. The van der Waals surface area contributed by atoms with E-state index in [9.17, 15) is 0 Å². The van der Waals surface area contributed by atoms with Crippen molar-refractivity contribution in [3.8, 4) is 0 Å². The van der Waals surface area contributed by atoms with Gasteiger partial charge in [0.1, 0.15) is 0 Å². The summed E-state index contributed by atoms with van der Waals surface area (Å²) in [6.07, 6.45) is 4.40. The maximum Gasteiger partial charge on any atom is 0.191 e. The molecule has 0 aromatic heterocycles. The highest BCUT2D eigenvalue weighted by atomic mass is 16.5. The van der Waals surface area contributed by atoms with Crippen LogP contribution in [0.15, 0.2) is 41.4 Å². The average Bonchev–Trinajstić information content (AvgIpc) is 3.08. The first-order valence-corrected chi connectivity index (χ1v) is 8.25. The Morgan fingerprint density at radius 3 is 2.57 bits per heavy atom. The summed E-state index contributed by atoms with van der Waals surface area (Å²) in [7, 11) is 1.71. The number of benzene rings is 1. The average molecular weight is 316 g/mol. The number of guanidine groups is 1. The molecule has 1 atom stereocenters. The minimum atomic E-state index is 0.225. The molecule has 23 heavy (non-hydrogen) atoms. The van der Waals surface area contributed by atoms with Gasteiger partial charge in [0, 0.05) is 38.5 Å². The van der Waals surface area contributed by atoms with Crippen LogP contribution in [0.1, 0.15) is 19.4 Å². The Hall–Kier alpha value is -2.01. The van der Waals surface area contributed by atoms with Crippen LogP contribution in [0.25, 0.3) is 0 Å². The summed E-state index contributed by atoms with van der Waals surface area (Å²) < 4.78 is 5.15. The van der Waals surface area contributed by atoms with Gasteiger partial charge in [0.15, 0.2) is 5.96 Å². The fourth-order valence-corrected chi connectivity index (χ4v) is 2.52. The molecule has 0 fully saturated rings. The van der Waals surface area contributed by atoms with Gasteiger partial charge in [-0.2, -0.15) is 0 Å². The molecule has 1 aromatic carbocycles. The third-order valence-corrected chi connectivity index (χ3v) is 3.68. The number of aliphatic imine (C=N–C) groups is 1. The molecule has 1 heterocycles. The third kappa shape index (κ3) is 5.60. The van der Waals surface area contributed by atoms with E-state index in [1.807, 2.05) is 0 Å². The SMILES string of the molecule is CCNC(=NCc1ccc(N2CC=CC2)cc1)NC(C)COC. The number of hydrogen-bond acceptors (Lipinski definition) is 3. The molecule has 1 unspecified atom stereocenters. The van der Waals surface area contributed by atoms with Gasteiger partial charge in [-0.15, -0.1) is 0 Å². The summed E-state index contributed by atoms with van der Waals surface area (Å²) >= 11 is 0. The van der Waals surface area contributed by atoms with Crippen LogP contribution in [0.3, 0.4) is 0 Å². The third-order valence-electron chi connectivity index (χ3n) is 3.68. The van der Waals surface area contributed by atoms with E-state index in [2.05, 4.69) is 70.8 Å². The second-order valence-electron chi connectivity index (χ2n) is 5.74. The molecule has 1 aliphatic rings. The minimum absolute atomic E-state index is 0.225. The van der Waals surface area contributed by atoms with Gasteiger partial charge in [0.2, 0.25) is 0 Å². The summed E-state index contributed by atoms with van der Waals surface area (Å²) in [6, 6.07) is 8.87. The van der Waals surface area contributed by atoms with Gasteiger partial charge in [-0.1, -0.05) is 24.3 Å². The van der Waals surface area contributed by atoms with E-state index in [0.717, 1.165) is 25.6 Å². The zero-order valence-corrected chi connectivity index (χ0v) is 14.4. The van der Waals surface area contributed by atoms with Gasteiger partial charge in [-0.05, 0) is 31.5 Å². The lowest BCUT2D eigenvalue weighted by Gasteiger charge is -2.18. The second kappa shape index (κ2) is 9.20. The lowest BCUT2D eigenvalue weighted by atomic mass is 10.2. The zero-order valence-electron chi connectivity index (χ0n) is 14.4. The molecule has 2 rings (SSSR count). The molecule has 2 N–H and O–H groups in total. The highest BCUT2D eigenvalue weighted by Gasteiger charge is 2.07. The minimum Gasteiger partial charge on any atom is -0.383 e. The van der Waals surface area contributed by atoms with E-state index in [0.29, 0.717) is 13.2 Å². The highest BCUT2D eigenvalue weighted by molar-refractivity contribution is 5.80. The van der Waals surface area contributed by atoms with Crippen molar-refractivity contribution in [3.63, 3.8) is 0 Å². The number of hydrogen-bond donors (Lipinski definition) is 2. The summed E-state index contributed by atoms with van der Waals surface area (Å²) in [5, 5.41) is 6.61. The molecule has 0 saturated heterocycles. The molecule has 5 nitrogen and oxygen atoms in total. The van der Waals surface area contributed by atoms with E-state index in [1.54, 1.807) is 7.11 Å². The molecule has 0 aliphatic carbocycles. The summed E-state index contributed by atoms with van der Waals surface area (Å²) in [5.41, 5.74) is 2.47. The first-order valence-electron chi connectivity index (χ1n) is 8.25. The fraction of sp³-hybridized carbons (Fsp3) is 0.500. The van der Waals surface area contributed by atoms with Crippen molar-refractivity contribution in [2.45, 2.75) is 26.4 Å². The normalized spacial score (nSPS) is 15.8. The van der Waals surface area contributed by atoms with E-state index in [1.165, 1.54) is 11.3 Å². The Labute approximate surface area is 139 Å². The van der Waals surface area contributed by atoms with E-state index < -0.39 is 0 Å². The van der Waals surface area contributed by atoms with Crippen molar-refractivity contribution in [2.24, 2.45) is 4.99 Å². The largest absolute Gasteiger partial charge is 0.383 e. The van der Waals surface area contributed by atoms with Gasteiger partial charge in [-0.25, -0.2) is 4.99 Å². The molecule has 126 valence electrons. The van der Waals surface area contributed by atoms with Crippen LogP contribution >= 0.6 is 0 Å². The standard InChI is InChI=1S/C18H28N4O/c1-4-19-18(21-15(2)14-23-3)20-13-16-7-9-17(10-8-16)22-11-5-6-12-22/h5-10,15H,4,11-14H2,1-3H3,(H2,19,20,21). The maximum atomic E-state index is 5.15. The van der Waals surface area contributed by atoms with Gasteiger partial charge in [-0.3, -0.25) is 0 Å². The van der Waals surface area contributed by atoms with Crippen molar-refractivity contribution in [1.29, 1.82) is 0 Å². The first-order chi connectivity index (χ1) is 11.2. The van der Waals surface area contributed by atoms with Crippen LogP contribution in [0, 0.1) is 0 Å². The number of ether oxygens (including phenoxy) is 1. The summed E-state index contributed by atoms with van der Waals surface area (Å²) in [5.74, 6) is 0.824. The van der Waals surface area contributed by atoms with Gasteiger partial charge >= 0.3 is 0 Å². The first kappa shape index (κ1) is 17.3. The number of nitrogens with zero attached hydrogens (tertiary/aromatic N) is 2. The Morgan fingerprint density at radius 2 is 1.96 bits per heavy atom. The fourth-order valence-electron chi connectivity index (χ4n) is 2.52.